The van der Waals surface area contributed by atoms with E-state index in [9.17, 15) is 54.3 Å². The number of benzene rings is 6. The number of hydrogen-bond acceptors (Lipinski definition) is 24. The lowest BCUT2D eigenvalue weighted by atomic mass is 10.0. The molecule has 26 nitrogen and oxygen atoms in total. The van der Waals surface area contributed by atoms with E-state index in [2.05, 4.69) is 61.2 Å². The summed E-state index contributed by atoms with van der Waals surface area (Å²) in [5.41, 5.74) is 1.68. The van der Waals surface area contributed by atoms with E-state index in [1.54, 1.807) is 72.8 Å². The van der Waals surface area contributed by atoms with Gasteiger partial charge in [0.2, 0.25) is 34.9 Å². The molecular formula is C52H26N15O11-3. The van der Waals surface area contributed by atoms with Crippen LogP contribution in [-0.4, -0.2) is 122 Å². The molecule has 6 aromatic carbocycles. The first-order valence-electron chi connectivity index (χ1n) is 22.4. The molecule has 0 aliphatic rings. The van der Waals surface area contributed by atoms with Gasteiger partial charge in [-0.1, -0.05) is 72.8 Å². The van der Waals surface area contributed by atoms with Gasteiger partial charge in [0.05, 0.1) is 29.0 Å². The fourth-order valence-electron chi connectivity index (χ4n) is 7.52. The van der Waals surface area contributed by atoms with Crippen molar-refractivity contribution in [2.45, 2.75) is 6.92 Å². The Kier molecular flexibility index (Phi) is 13.1. The van der Waals surface area contributed by atoms with Crippen molar-refractivity contribution in [1.29, 1.82) is 0 Å². The summed E-state index contributed by atoms with van der Waals surface area (Å²) < 4.78 is 0. The molecule has 26 heteroatoms. The van der Waals surface area contributed by atoms with E-state index < -0.39 is 41.0 Å². The van der Waals surface area contributed by atoms with Crippen LogP contribution in [0.3, 0.4) is 0 Å². The summed E-state index contributed by atoms with van der Waals surface area (Å²) in [6.45, 7) is 1.29. The zero-order valence-electron chi connectivity index (χ0n) is 39.4. The Balaban J connectivity index is 0.957. The van der Waals surface area contributed by atoms with E-state index in [1.807, 2.05) is 0 Å². The van der Waals surface area contributed by atoms with Crippen LogP contribution in [0.5, 0.6) is 0 Å². The van der Waals surface area contributed by atoms with Gasteiger partial charge in [0, 0.05) is 55.6 Å². The quantitative estimate of drug-likeness (QED) is 0.139. The van der Waals surface area contributed by atoms with Gasteiger partial charge in [-0.15, -0.1) is 61.2 Å². The largest absolute Gasteiger partial charge is 0.545 e. The topological polar surface area (TPSA) is 405 Å². The Hall–Kier alpha value is -11.8. The third kappa shape index (κ3) is 10.5. The monoisotopic (exact) mass is 1040 g/mol. The number of ketones is 1. The SMILES string of the molecule is CC(=O)c1cc(C(=O)[O-])cc(-c2nnc(-c3ccc(-c4nc(-c5ccc(-c6nnc(-c7cc(C(=O)[O-])cc(C(=O)O)c7)nn6)cc5)nc(-c5ccc(-c6nnc(-c7cc(C(=O)[O-])cc(C(=O)O)c7)nn6)cc5)n4)cc3)nn2)c1. The van der Waals surface area contributed by atoms with E-state index in [0.29, 0.717) is 33.4 Å². The normalized spacial score (nSPS) is 10.9. The van der Waals surface area contributed by atoms with Gasteiger partial charge in [-0.05, 0) is 78.2 Å². The zero-order valence-corrected chi connectivity index (χ0v) is 39.4. The van der Waals surface area contributed by atoms with Crippen molar-refractivity contribution in [3.8, 4) is 102 Å². The second-order valence-corrected chi connectivity index (χ2v) is 16.6. The number of carbonyl (C=O) groups excluding carboxylic acids is 4. The summed E-state index contributed by atoms with van der Waals surface area (Å²) in [5, 5.41) is 103. The third-order valence-corrected chi connectivity index (χ3v) is 11.5. The molecule has 4 aromatic heterocycles. The first-order chi connectivity index (χ1) is 37.5. The van der Waals surface area contributed by atoms with Gasteiger partial charge >= 0.3 is 11.9 Å². The fraction of sp³-hybridized carbons (Fsp3) is 0.0192. The molecule has 0 spiro atoms. The Morgan fingerprint density at radius 1 is 0.282 bits per heavy atom. The zero-order chi connectivity index (χ0) is 54.8. The highest BCUT2D eigenvalue weighted by molar-refractivity contribution is 5.99. The Morgan fingerprint density at radius 3 is 0.692 bits per heavy atom. The smallest absolute Gasteiger partial charge is 0.335 e. The minimum absolute atomic E-state index is 0.0300. The molecule has 0 bridgehead atoms. The number of hydrogen-bond donors (Lipinski definition) is 2. The summed E-state index contributed by atoms with van der Waals surface area (Å²) in [7, 11) is 0. The van der Waals surface area contributed by atoms with Gasteiger partial charge in [0.1, 0.15) is 0 Å². The van der Waals surface area contributed by atoms with E-state index in [0.717, 1.165) is 24.3 Å². The van der Waals surface area contributed by atoms with Crippen molar-refractivity contribution in [3.05, 3.63) is 161 Å². The molecule has 378 valence electrons. The first kappa shape index (κ1) is 49.7. The van der Waals surface area contributed by atoms with E-state index >= 15 is 0 Å². The second-order valence-electron chi connectivity index (χ2n) is 16.6. The number of Topliss-reactive ketones (excluding diaryl/α,β-unsaturated/α-hetero) is 1. The maximum Gasteiger partial charge on any atom is 0.335 e. The predicted molar refractivity (Wildman–Crippen MR) is 259 cm³/mol. The lowest BCUT2D eigenvalue weighted by Crippen LogP contribution is -2.22. The summed E-state index contributed by atoms with van der Waals surface area (Å²) in [4.78, 5) is 84.5. The number of aromatic nitrogens is 15. The van der Waals surface area contributed by atoms with Crippen LogP contribution in [0.1, 0.15) is 69.1 Å². The Morgan fingerprint density at radius 2 is 0.474 bits per heavy atom. The highest BCUT2D eigenvalue weighted by Crippen LogP contribution is 2.30. The molecule has 0 fully saturated rings. The van der Waals surface area contributed by atoms with Crippen molar-refractivity contribution >= 4 is 35.6 Å². The van der Waals surface area contributed by atoms with E-state index in [1.165, 1.54) is 37.3 Å². The van der Waals surface area contributed by atoms with Crippen LogP contribution in [0.15, 0.2) is 127 Å². The third-order valence-electron chi connectivity index (χ3n) is 11.5. The first-order valence-corrected chi connectivity index (χ1v) is 22.4. The van der Waals surface area contributed by atoms with Crippen LogP contribution in [0.4, 0.5) is 0 Å². The van der Waals surface area contributed by atoms with E-state index in [4.69, 9.17) is 15.0 Å². The lowest BCUT2D eigenvalue weighted by Gasteiger charge is -2.10. The van der Waals surface area contributed by atoms with Crippen molar-refractivity contribution < 1.29 is 54.3 Å². The van der Waals surface area contributed by atoms with Gasteiger partial charge in [-0.25, -0.2) is 24.5 Å². The van der Waals surface area contributed by atoms with Gasteiger partial charge in [0.15, 0.2) is 23.3 Å². The second kappa shape index (κ2) is 20.6. The number of nitrogens with zero attached hydrogens (tertiary/aromatic N) is 15. The van der Waals surface area contributed by atoms with Gasteiger partial charge in [-0.2, -0.15) is 0 Å². The van der Waals surface area contributed by atoms with Crippen molar-refractivity contribution in [3.63, 3.8) is 0 Å². The molecule has 0 saturated carbocycles. The minimum Gasteiger partial charge on any atom is -0.545 e. The van der Waals surface area contributed by atoms with Crippen LogP contribution in [0, 0.1) is 0 Å². The molecule has 0 saturated heterocycles. The molecule has 0 amide bonds. The standard InChI is InChI=1S/C52H29N15O11/c1-23(68)30-14-31(16-34(15-30)48(69)70)45-62-56-42(57-63-45)27-8-2-24(3-9-27)39-53-40(25-4-10-28(11-5-25)43-58-64-46(65-59-43)32-17-35(49(71)72)21-36(18-32)50(73)74)55-41(54-39)26-6-12-29(13-7-26)44-60-66-47(67-61-44)33-19-37(51(75)76)22-38(20-33)52(77)78/h2-22H,1H3,(H,69,70)(H,71,72)(H,73,74)(H,75,76)(H,77,78)/p-3. The van der Waals surface area contributed by atoms with Gasteiger partial charge in [0.25, 0.3) is 0 Å². The lowest BCUT2D eigenvalue weighted by molar-refractivity contribution is -0.256. The minimum atomic E-state index is -1.60. The Labute approximate surface area is 435 Å². The average molecular weight is 1040 g/mol. The molecule has 0 radical (unpaired) electrons. The van der Waals surface area contributed by atoms with Crippen molar-refractivity contribution in [1.82, 2.24) is 76.1 Å². The maximum absolute atomic E-state index is 12.1. The number of aromatic carboxylic acids is 5. The van der Waals surface area contributed by atoms with Crippen LogP contribution in [0.25, 0.3) is 102 Å². The average Bonchev–Trinajstić information content (AvgIpc) is 3.47. The van der Waals surface area contributed by atoms with Crippen molar-refractivity contribution in [2.24, 2.45) is 0 Å². The highest BCUT2D eigenvalue weighted by atomic mass is 16.4. The maximum atomic E-state index is 12.1. The van der Waals surface area contributed by atoms with Crippen LogP contribution < -0.4 is 15.3 Å². The molecule has 78 heavy (non-hydrogen) atoms. The summed E-state index contributed by atoms with van der Waals surface area (Å²) in [5.74, 6) is -7.14. The highest BCUT2D eigenvalue weighted by Gasteiger charge is 2.19. The summed E-state index contributed by atoms with van der Waals surface area (Å²) >= 11 is 0. The molecule has 0 aliphatic carbocycles. The molecule has 2 N–H and O–H groups in total. The summed E-state index contributed by atoms with van der Waals surface area (Å²) in [6, 6.07) is 30.6. The summed E-state index contributed by atoms with van der Waals surface area (Å²) in [6.07, 6.45) is 0. The molecule has 10 aromatic rings. The predicted octanol–water partition coefficient (Wildman–Crippen LogP) is 2.30. The molecule has 0 aliphatic heterocycles. The van der Waals surface area contributed by atoms with Crippen LogP contribution in [-0.2, 0) is 0 Å². The molecule has 0 atom stereocenters. The molecule has 4 heterocycles. The Bertz CT molecular complexity index is 3550. The van der Waals surface area contributed by atoms with Crippen LogP contribution >= 0.6 is 0 Å². The van der Waals surface area contributed by atoms with Gasteiger partial charge in [-0.3, -0.25) is 4.79 Å². The van der Waals surface area contributed by atoms with Gasteiger partial charge < -0.3 is 39.9 Å². The number of carboxylic acid groups (broad SMARTS) is 5. The van der Waals surface area contributed by atoms with E-state index in [-0.39, 0.29) is 97.1 Å². The number of carbonyl (C=O) groups is 6. The fourth-order valence-corrected chi connectivity index (χ4v) is 7.52. The number of rotatable bonds is 15. The molecular weight excluding hydrogens is 1010 g/mol. The van der Waals surface area contributed by atoms with Crippen LogP contribution in [0.2, 0.25) is 0 Å². The molecule has 0 unspecified atom stereocenters. The van der Waals surface area contributed by atoms with Crippen molar-refractivity contribution in [2.75, 3.05) is 0 Å². The molecule has 10 rings (SSSR count). The number of carboxylic acids is 5.